The molecular formula is C14H12N2O4. The normalized spacial score (nSPS) is 10.1. The number of aromatic nitrogens is 1. The minimum Gasteiger partial charge on any atom is -0.507 e. The van der Waals surface area contributed by atoms with E-state index >= 15 is 0 Å². The Kier molecular flexibility index (Phi) is 3.65. The van der Waals surface area contributed by atoms with Crippen molar-refractivity contribution in [2.24, 2.45) is 0 Å². The molecule has 0 fully saturated rings. The van der Waals surface area contributed by atoms with Gasteiger partial charge in [0.15, 0.2) is 0 Å². The monoisotopic (exact) mass is 272 g/mol. The number of benzene rings is 1. The first-order valence-electron chi connectivity index (χ1n) is 5.78. The van der Waals surface area contributed by atoms with E-state index in [4.69, 9.17) is 5.11 Å². The number of phenolic OH excluding ortho intramolecular Hbond substituents is 1. The highest BCUT2D eigenvalue weighted by Gasteiger charge is 2.13. The molecule has 1 aromatic carbocycles. The van der Waals surface area contributed by atoms with Crippen LogP contribution in [0.1, 0.15) is 26.4 Å². The van der Waals surface area contributed by atoms with Gasteiger partial charge >= 0.3 is 5.97 Å². The average Bonchev–Trinajstić information content (AvgIpc) is 2.42. The van der Waals surface area contributed by atoms with E-state index in [0.29, 0.717) is 11.3 Å². The Morgan fingerprint density at radius 1 is 1.25 bits per heavy atom. The van der Waals surface area contributed by atoms with Gasteiger partial charge in [-0.25, -0.2) is 9.78 Å². The fraction of sp³-hybridized carbons (Fsp3) is 0.0714. The Bertz CT molecular complexity index is 683. The van der Waals surface area contributed by atoms with E-state index in [1.807, 2.05) is 0 Å². The SMILES string of the molecule is Cc1cccc(C(=O)Nc2ccnc(C(=O)O)c2)c1O. The van der Waals surface area contributed by atoms with E-state index in [0.717, 1.165) is 0 Å². The Hall–Kier alpha value is -2.89. The van der Waals surface area contributed by atoms with E-state index < -0.39 is 11.9 Å². The van der Waals surface area contributed by atoms with Crippen LogP contribution in [-0.4, -0.2) is 27.1 Å². The van der Waals surface area contributed by atoms with Crippen LogP contribution in [-0.2, 0) is 0 Å². The predicted octanol–water partition coefficient (Wildman–Crippen LogP) is 2.05. The van der Waals surface area contributed by atoms with Crippen LogP contribution >= 0.6 is 0 Å². The summed E-state index contributed by atoms with van der Waals surface area (Å²) in [5, 5.41) is 21.2. The van der Waals surface area contributed by atoms with Gasteiger partial charge in [-0.05, 0) is 30.7 Å². The molecule has 0 unspecified atom stereocenters. The van der Waals surface area contributed by atoms with Gasteiger partial charge < -0.3 is 15.5 Å². The highest BCUT2D eigenvalue weighted by atomic mass is 16.4. The predicted molar refractivity (Wildman–Crippen MR) is 72.0 cm³/mol. The number of hydrogen-bond acceptors (Lipinski definition) is 4. The summed E-state index contributed by atoms with van der Waals surface area (Å²) >= 11 is 0. The second-order valence-electron chi connectivity index (χ2n) is 4.16. The van der Waals surface area contributed by atoms with Crippen molar-refractivity contribution in [3.63, 3.8) is 0 Å². The number of phenols is 1. The van der Waals surface area contributed by atoms with E-state index in [1.54, 1.807) is 19.1 Å². The first-order valence-corrected chi connectivity index (χ1v) is 5.78. The molecule has 1 heterocycles. The van der Waals surface area contributed by atoms with Gasteiger partial charge in [-0.15, -0.1) is 0 Å². The van der Waals surface area contributed by atoms with Crippen LogP contribution in [0.2, 0.25) is 0 Å². The van der Waals surface area contributed by atoms with Crippen LogP contribution < -0.4 is 5.32 Å². The van der Waals surface area contributed by atoms with E-state index in [2.05, 4.69) is 10.3 Å². The van der Waals surface area contributed by atoms with Gasteiger partial charge in [0.05, 0.1) is 5.56 Å². The minimum absolute atomic E-state index is 0.0995. The number of anilines is 1. The summed E-state index contributed by atoms with van der Waals surface area (Å²) in [5.41, 5.74) is 0.830. The van der Waals surface area contributed by atoms with Gasteiger partial charge in [-0.3, -0.25) is 4.79 Å². The first-order chi connectivity index (χ1) is 9.49. The van der Waals surface area contributed by atoms with Crippen LogP contribution in [0, 0.1) is 6.92 Å². The van der Waals surface area contributed by atoms with Crippen molar-refractivity contribution in [2.75, 3.05) is 5.32 Å². The van der Waals surface area contributed by atoms with E-state index in [1.165, 1.54) is 24.4 Å². The minimum atomic E-state index is -1.18. The molecule has 0 saturated carbocycles. The summed E-state index contributed by atoms with van der Waals surface area (Å²) in [6, 6.07) is 7.53. The van der Waals surface area contributed by atoms with Crippen LogP contribution in [0.25, 0.3) is 0 Å². The molecule has 0 saturated heterocycles. The lowest BCUT2D eigenvalue weighted by molar-refractivity contribution is 0.0690. The molecule has 0 aliphatic heterocycles. The molecule has 102 valence electrons. The number of aromatic hydroxyl groups is 1. The second kappa shape index (κ2) is 5.40. The number of carbonyl (C=O) groups is 2. The maximum Gasteiger partial charge on any atom is 0.354 e. The number of aromatic carboxylic acids is 1. The van der Waals surface area contributed by atoms with Crippen LogP contribution in [0.15, 0.2) is 36.5 Å². The topological polar surface area (TPSA) is 99.5 Å². The van der Waals surface area contributed by atoms with Crippen molar-refractivity contribution in [3.05, 3.63) is 53.3 Å². The molecule has 6 nitrogen and oxygen atoms in total. The lowest BCUT2D eigenvalue weighted by Gasteiger charge is -2.08. The number of pyridine rings is 1. The number of para-hydroxylation sites is 1. The molecule has 0 radical (unpaired) electrons. The van der Waals surface area contributed by atoms with Gasteiger partial charge in [-0.1, -0.05) is 12.1 Å². The number of hydrogen-bond donors (Lipinski definition) is 3. The molecule has 1 aromatic heterocycles. The van der Waals surface area contributed by atoms with Crippen molar-refractivity contribution in [2.45, 2.75) is 6.92 Å². The summed E-state index contributed by atoms with van der Waals surface area (Å²) in [5.74, 6) is -1.80. The molecule has 0 spiro atoms. The standard InChI is InChI=1S/C14H12N2O4/c1-8-3-2-4-10(12(8)17)13(18)16-9-5-6-15-11(7-9)14(19)20/h2-7,17H,1H3,(H,19,20)(H,15,16,18). The highest BCUT2D eigenvalue weighted by molar-refractivity contribution is 6.06. The van der Waals surface area contributed by atoms with Gasteiger partial charge in [0.25, 0.3) is 5.91 Å². The fourth-order valence-corrected chi connectivity index (χ4v) is 1.67. The number of nitrogens with one attached hydrogen (secondary N) is 1. The van der Waals surface area contributed by atoms with Crippen molar-refractivity contribution < 1.29 is 19.8 Å². The summed E-state index contributed by atoms with van der Waals surface area (Å²) < 4.78 is 0. The molecule has 20 heavy (non-hydrogen) atoms. The zero-order valence-corrected chi connectivity index (χ0v) is 10.6. The Balaban J connectivity index is 2.26. The number of carbonyl (C=O) groups excluding carboxylic acids is 1. The third-order valence-electron chi connectivity index (χ3n) is 2.72. The van der Waals surface area contributed by atoms with Crippen molar-refractivity contribution >= 4 is 17.6 Å². The maximum atomic E-state index is 12.0. The molecule has 1 amide bonds. The Morgan fingerprint density at radius 3 is 2.70 bits per heavy atom. The number of amides is 1. The molecule has 2 aromatic rings. The molecule has 3 N–H and O–H groups in total. The Morgan fingerprint density at radius 2 is 2.00 bits per heavy atom. The number of carboxylic acid groups (broad SMARTS) is 1. The molecule has 0 atom stereocenters. The number of rotatable bonds is 3. The van der Waals surface area contributed by atoms with Crippen LogP contribution in [0.4, 0.5) is 5.69 Å². The lowest BCUT2D eigenvalue weighted by Crippen LogP contribution is -2.13. The molecule has 0 aliphatic carbocycles. The zero-order valence-electron chi connectivity index (χ0n) is 10.6. The fourth-order valence-electron chi connectivity index (χ4n) is 1.67. The molecule has 2 rings (SSSR count). The van der Waals surface area contributed by atoms with Gasteiger partial charge in [-0.2, -0.15) is 0 Å². The number of carboxylic acids is 1. The van der Waals surface area contributed by atoms with E-state index in [-0.39, 0.29) is 17.0 Å². The number of aryl methyl sites for hydroxylation is 1. The second-order valence-corrected chi connectivity index (χ2v) is 4.16. The summed E-state index contributed by atoms with van der Waals surface area (Å²) in [7, 11) is 0. The van der Waals surface area contributed by atoms with Gasteiger partial charge in [0, 0.05) is 11.9 Å². The van der Waals surface area contributed by atoms with Crippen LogP contribution in [0.5, 0.6) is 5.75 Å². The van der Waals surface area contributed by atoms with Gasteiger partial charge in [0.2, 0.25) is 0 Å². The molecule has 6 heteroatoms. The smallest absolute Gasteiger partial charge is 0.354 e. The van der Waals surface area contributed by atoms with E-state index in [9.17, 15) is 14.7 Å². The van der Waals surface area contributed by atoms with Crippen molar-refractivity contribution in [3.8, 4) is 5.75 Å². The zero-order chi connectivity index (χ0) is 14.7. The third-order valence-corrected chi connectivity index (χ3v) is 2.72. The van der Waals surface area contributed by atoms with Crippen molar-refractivity contribution in [1.82, 2.24) is 4.98 Å². The summed E-state index contributed by atoms with van der Waals surface area (Å²) in [6.45, 7) is 1.68. The van der Waals surface area contributed by atoms with Crippen LogP contribution in [0.3, 0.4) is 0 Å². The summed E-state index contributed by atoms with van der Waals surface area (Å²) in [4.78, 5) is 26.5. The number of nitrogens with zero attached hydrogens (tertiary/aromatic N) is 1. The quantitative estimate of drug-likeness (QED) is 0.794. The van der Waals surface area contributed by atoms with Crippen molar-refractivity contribution in [1.29, 1.82) is 0 Å². The largest absolute Gasteiger partial charge is 0.507 e. The summed E-state index contributed by atoms with van der Waals surface area (Å²) in [6.07, 6.45) is 1.29. The third kappa shape index (κ3) is 2.74. The molecule has 0 bridgehead atoms. The first kappa shape index (κ1) is 13.5. The average molecular weight is 272 g/mol. The maximum absolute atomic E-state index is 12.0. The molecular weight excluding hydrogens is 260 g/mol. The Labute approximate surface area is 114 Å². The lowest BCUT2D eigenvalue weighted by atomic mass is 10.1. The highest BCUT2D eigenvalue weighted by Crippen LogP contribution is 2.22. The molecule has 0 aliphatic rings. The van der Waals surface area contributed by atoms with Gasteiger partial charge in [0.1, 0.15) is 11.4 Å².